The van der Waals surface area contributed by atoms with Crippen LogP contribution in [-0.4, -0.2) is 42.8 Å². The van der Waals surface area contributed by atoms with E-state index in [2.05, 4.69) is 0 Å². The Bertz CT molecular complexity index is 729. The molecule has 150 valence electrons. The molecule has 1 aliphatic heterocycles. The van der Waals surface area contributed by atoms with E-state index in [4.69, 9.17) is 10.5 Å². The van der Waals surface area contributed by atoms with Crippen LogP contribution in [0.5, 0.6) is 0 Å². The molecule has 0 radical (unpaired) electrons. The number of nitrogens with two attached hydrogens (primary N) is 1. The monoisotopic (exact) mass is 381 g/mol. The van der Waals surface area contributed by atoms with E-state index in [9.17, 15) is 13.6 Å². The Labute approximate surface area is 159 Å². The third kappa shape index (κ3) is 4.77. The molecule has 1 aromatic carbocycles. The van der Waals surface area contributed by atoms with Crippen LogP contribution in [0.15, 0.2) is 23.9 Å². The molecule has 2 rings (SSSR count). The molecule has 1 heterocycles. The number of likely N-dealkylation sites (tertiary alicyclic amines) is 1. The van der Waals surface area contributed by atoms with Gasteiger partial charge >= 0.3 is 6.09 Å². The fraction of sp³-hybridized carbons (Fsp3) is 0.550. The Morgan fingerprint density at radius 2 is 2.04 bits per heavy atom. The topological polar surface area (TPSA) is 58.8 Å². The Morgan fingerprint density at radius 3 is 2.59 bits per heavy atom. The van der Waals surface area contributed by atoms with Gasteiger partial charge in [0.25, 0.3) is 0 Å². The quantitative estimate of drug-likeness (QED) is 0.842. The Morgan fingerprint density at radius 1 is 1.37 bits per heavy atom. The molecule has 1 saturated heterocycles. The molecule has 1 unspecified atom stereocenters. The number of carbonyl (C=O) groups excluding carboxylic acids is 1. The average Bonchev–Trinajstić information content (AvgIpc) is 2.53. The Balaban J connectivity index is 2.14. The molecule has 2 N–H and O–H groups in total. The summed E-state index contributed by atoms with van der Waals surface area (Å²) in [5.74, 6) is -1.76. The van der Waals surface area contributed by atoms with Crippen LogP contribution in [0.2, 0.25) is 0 Å². The van der Waals surface area contributed by atoms with E-state index in [-0.39, 0.29) is 30.3 Å². The lowest BCUT2D eigenvalue weighted by molar-refractivity contribution is 0.0117. The summed E-state index contributed by atoms with van der Waals surface area (Å²) in [6, 6.07) is 2.94. The zero-order valence-electron chi connectivity index (χ0n) is 16.7. The number of rotatable bonds is 5. The maximum atomic E-state index is 14.5. The first-order chi connectivity index (χ1) is 12.6. The molecule has 27 heavy (non-hydrogen) atoms. The normalized spacial score (nSPS) is 18.4. The van der Waals surface area contributed by atoms with E-state index in [1.165, 1.54) is 0 Å². The van der Waals surface area contributed by atoms with E-state index < -0.39 is 23.3 Å². The maximum absolute atomic E-state index is 14.5. The van der Waals surface area contributed by atoms with E-state index in [0.717, 1.165) is 5.70 Å². The molecule has 1 aliphatic rings. The summed E-state index contributed by atoms with van der Waals surface area (Å²) in [5.41, 5.74) is 6.12. The SMILES string of the molecule is C/C=C1\CC(CN(C)c2ccc(CCN)c(F)c2F)N1C(=O)OC(C)(C)C. The third-order valence-corrected chi connectivity index (χ3v) is 4.49. The van der Waals surface area contributed by atoms with Crippen LogP contribution in [0, 0.1) is 11.6 Å². The molecule has 0 bridgehead atoms. The van der Waals surface area contributed by atoms with Gasteiger partial charge in [-0.3, -0.25) is 4.90 Å². The highest BCUT2D eigenvalue weighted by atomic mass is 19.2. The fourth-order valence-corrected chi connectivity index (χ4v) is 3.17. The Hall–Kier alpha value is -2.15. The fourth-order valence-electron chi connectivity index (χ4n) is 3.17. The number of hydrogen-bond donors (Lipinski definition) is 1. The van der Waals surface area contributed by atoms with E-state index in [1.54, 1.807) is 29.0 Å². The standard InChI is InChI=1S/C20H29F2N3O2/c1-6-14-11-15(25(14)19(26)27-20(2,3)4)12-24(5)16-8-7-13(9-10-23)17(21)18(16)22/h6-8,15H,9-12,23H2,1-5H3/b14-6+. The highest BCUT2D eigenvalue weighted by Gasteiger charge is 2.40. The van der Waals surface area contributed by atoms with Gasteiger partial charge < -0.3 is 15.4 Å². The molecule has 0 saturated carbocycles. The lowest BCUT2D eigenvalue weighted by atomic mass is 9.97. The molecule has 1 atom stereocenters. The first kappa shape index (κ1) is 21.2. The average molecular weight is 381 g/mol. The van der Waals surface area contributed by atoms with Crippen molar-refractivity contribution in [3.63, 3.8) is 0 Å². The van der Waals surface area contributed by atoms with Crippen molar-refractivity contribution in [1.82, 2.24) is 4.90 Å². The van der Waals surface area contributed by atoms with Crippen molar-refractivity contribution in [3.05, 3.63) is 41.1 Å². The summed E-state index contributed by atoms with van der Waals surface area (Å²) in [6.45, 7) is 7.90. The number of carbonyl (C=O) groups is 1. The number of halogens is 2. The second-order valence-corrected chi connectivity index (χ2v) is 7.78. The van der Waals surface area contributed by atoms with Crippen molar-refractivity contribution in [1.29, 1.82) is 0 Å². The summed E-state index contributed by atoms with van der Waals surface area (Å²) < 4.78 is 34.1. The number of likely N-dealkylation sites (N-methyl/N-ethyl adjacent to an activating group) is 1. The van der Waals surface area contributed by atoms with Crippen LogP contribution in [0.3, 0.4) is 0 Å². The van der Waals surface area contributed by atoms with Crippen LogP contribution < -0.4 is 10.6 Å². The van der Waals surface area contributed by atoms with Gasteiger partial charge in [0, 0.05) is 25.7 Å². The minimum Gasteiger partial charge on any atom is -0.443 e. The van der Waals surface area contributed by atoms with Crippen LogP contribution in [0.1, 0.15) is 39.7 Å². The van der Waals surface area contributed by atoms with Gasteiger partial charge in [-0.25, -0.2) is 13.6 Å². The second-order valence-electron chi connectivity index (χ2n) is 7.78. The number of amides is 1. The van der Waals surface area contributed by atoms with Crippen molar-refractivity contribution in [2.24, 2.45) is 5.73 Å². The van der Waals surface area contributed by atoms with Gasteiger partial charge in [0.15, 0.2) is 11.6 Å². The number of ether oxygens (including phenoxy) is 1. The zero-order chi connectivity index (χ0) is 20.4. The van der Waals surface area contributed by atoms with Gasteiger partial charge in [-0.1, -0.05) is 12.1 Å². The molecule has 0 aromatic heterocycles. The van der Waals surface area contributed by atoms with E-state index in [1.807, 2.05) is 33.8 Å². The van der Waals surface area contributed by atoms with Crippen LogP contribution in [-0.2, 0) is 11.2 Å². The third-order valence-electron chi connectivity index (χ3n) is 4.49. The molecule has 0 spiro atoms. The van der Waals surface area contributed by atoms with Gasteiger partial charge in [-0.2, -0.15) is 0 Å². The van der Waals surface area contributed by atoms with Crippen molar-refractivity contribution in [3.8, 4) is 0 Å². The first-order valence-electron chi connectivity index (χ1n) is 9.14. The predicted octanol–water partition coefficient (Wildman–Crippen LogP) is 3.82. The summed E-state index contributed by atoms with van der Waals surface area (Å²) in [5, 5.41) is 0. The van der Waals surface area contributed by atoms with Gasteiger partial charge in [0.05, 0.1) is 11.7 Å². The van der Waals surface area contributed by atoms with Crippen molar-refractivity contribution < 1.29 is 18.3 Å². The second kappa shape index (κ2) is 8.25. The van der Waals surface area contributed by atoms with Crippen LogP contribution in [0.4, 0.5) is 19.3 Å². The van der Waals surface area contributed by atoms with Crippen molar-refractivity contribution >= 4 is 11.8 Å². The van der Waals surface area contributed by atoms with Gasteiger partial charge in [-0.05, 0) is 52.3 Å². The van der Waals surface area contributed by atoms with Gasteiger partial charge in [0.2, 0.25) is 0 Å². The molecular formula is C20H29F2N3O2. The summed E-state index contributed by atoms with van der Waals surface area (Å²) in [6.07, 6.45) is 2.40. The largest absolute Gasteiger partial charge is 0.443 e. The van der Waals surface area contributed by atoms with Crippen molar-refractivity contribution in [2.75, 3.05) is 25.0 Å². The lowest BCUT2D eigenvalue weighted by Crippen LogP contribution is -2.55. The minimum absolute atomic E-state index is 0.159. The minimum atomic E-state index is -0.891. The van der Waals surface area contributed by atoms with Gasteiger partial charge in [-0.15, -0.1) is 0 Å². The molecule has 7 heteroatoms. The molecular weight excluding hydrogens is 352 g/mol. The zero-order valence-corrected chi connectivity index (χ0v) is 16.7. The van der Waals surface area contributed by atoms with Crippen LogP contribution >= 0.6 is 0 Å². The number of benzene rings is 1. The number of allylic oxidation sites excluding steroid dienone is 1. The van der Waals surface area contributed by atoms with E-state index in [0.29, 0.717) is 13.0 Å². The lowest BCUT2D eigenvalue weighted by Gasteiger charge is -2.45. The molecule has 1 aromatic rings. The molecule has 0 aliphatic carbocycles. The smallest absolute Gasteiger partial charge is 0.414 e. The maximum Gasteiger partial charge on any atom is 0.414 e. The predicted molar refractivity (Wildman–Crippen MR) is 103 cm³/mol. The summed E-state index contributed by atoms with van der Waals surface area (Å²) in [7, 11) is 1.68. The number of hydrogen-bond acceptors (Lipinski definition) is 4. The molecule has 1 fully saturated rings. The Kier molecular flexibility index (Phi) is 6.46. The highest BCUT2D eigenvalue weighted by molar-refractivity contribution is 5.73. The number of anilines is 1. The molecule has 5 nitrogen and oxygen atoms in total. The first-order valence-corrected chi connectivity index (χ1v) is 9.14. The van der Waals surface area contributed by atoms with E-state index >= 15 is 0 Å². The summed E-state index contributed by atoms with van der Waals surface area (Å²) in [4.78, 5) is 15.7. The van der Waals surface area contributed by atoms with Crippen molar-refractivity contribution in [2.45, 2.75) is 52.2 Å². The molecule has 1 amide bonds. The number of nitrogens with zero attached hydrogens (tertiary/aromatic N) is 2. The summed E-state index contributed by atoms with van der Waals surface area (Å²) >= 11 is 0. The van der Waals surface area contributed by atoms with Crippen LogP contribution in [0.25, 0.3) is 0 Å². The van der Waals surface area contributed by atoms with Gasteiger partial charge in [0.1, 0.15) is 5.60 Å². The highest BCUT2D eigenvalue weighted by Crippen LogP contribution is 2.33.